The lowest BCUT2D eigenvalue weighted by atomic mass is 9.70. The van der Waals surface area contributed by atoms with Crippen molar-refractivity contribution in [3.05, 3.63) is 130 Å². The molecular formula is C40H56O. The van der Waals surface area contributed by atoms with Crippen molar-refractivity contribution in [2.75, 3.05) is 0 Å². The van der Waals surface area contributed by atoms with Crippen LogP contribution in [0.2, 0.25) is 0 Å². The van der Waals surface area contributed by atoms with E-state index in [0.717, 1.165) is 12.8 Å². The third-order valence-corrected chi connectivity index (χ3v) is 8.61. The molecule has 0 radical (unpaired) electrons. The van der Waals surface area contributed by atoms with E-state index in [1.807, 2.05) is 0 Å². The minimum absolute atomic E-state index is 0.195. The average molecular weight is 553 g/mol. The highest BCUT2D eigenvalue weighted by molar-refractivity contribution is 5.39. The first kappa shape index (κ1) is 34.3. The largest absolute Gasteiger partial charge is 0.392 e. The van der Waals surface area contributed by atoms with Gasteiger partial charge in [-0.15, -0.1) is 0 Å². The van der Waals surface area contributed by atoms with Gasteiger partial charge in [0.1, 0.15) is 0 Å². The van der Waals surface area contributed by atoms with Crippen molar-refractivity contribution in [3.8, 4) is 0 Å². The Kier molecular flexibility index (Phi) is 13.3. The molecule has 0 unspecified atom stereocenters. The monoisotopic (exact) mass is 552 g/mol. The number of hydrogen-bond donors (Lipinski definition) is 1. The van der Waals surface area contributed by atoms with Gasteiger partial charge in [-0.05, 0) is 90.2 Å². The van der Waals surface area contributed by atoms with Crippen molar-refractivity contribution in [1.29, 1.82) is 0 Å². The van der Waals surface area contributed by atoms with Crippen molar-refractivity contribution >= 4 is 0 Å². The molecule has 0 fully saturated rings. The predicted molar refractivity (Wildman–Crippen MR) is 183 cm³/mol. The van der Waals surface area contributed by atoms with Gasteiger partial charge in [-0.25, -0.2) is 0 Å². The van der Waals surface area contributed by atoms with Gasteiger partial charge in [-0.3, -0.25) is 0 Å². The van der Waals surface area contributed by atoms with Crippen LogP contribution in [0.3, 0.4) is 0 Å². The van der Waals surface area contributed by atoms with Gasteiger partial charge >= 0.3 is 0 Å². The summed E-state index contributed by atoms with van der Waals surface area (Å²) in [5, 5.41) is 10.4. The van der Waals surface area contributed by atoms with Gasteiger partial charge in [0.2, 0.25) is 0 Å². The minimum Gasteiger partial charge on any atom is -0.392 e. The quantitative estimate of drug-likeness (QED) is 0.267. The van der Waals surface area contributed by atoms with Crippen LogP contribution in [0.1, 0.15) is 101 Å². The molecule has 2 aliphatic carbocycles. The predicted octanol–water partition coefficient (Wildman–Crippen LogP) is 11.6. The summed E-state index contributed by atoms with van der Waals surface area (Å²) in [6, 6.07) is 0. The molecule has 0 heterocycles. The van der Waals surface area contributed by atoms with Crippen LogP contribution < -0.4 is 0 Å². The van der Waals surface area contributed by atoms with Crippen molar-refractivity contribution in [2.24, 2.45) is 10.8 Å². The lowest BCUT2D eigenvalue weighted by Gasteiger charge is -2.37. The van der Waals surface area contributed by atoms with Gasteiger partial charge in [0, 0.05) is 5.41 Å². The van der Waals surface area contributed by atoms with E-state index >= 15 is 0 Å². The van der Waals surface area contributed by atoms with Gasteiger partial charge in [0.25, 0.3) is 0 Å². The molecule has 1 heteroatoms. The molecule has 0 amide bonds. The first-order valence-electron chi connectivity index (χ1n) is 15.4. The summed E-state index contributed by atoms with van der Waals surface area (Å²) >= 11 is 0. The van der Waals surface area contributed by atoms with Crippen LogP contribution in [0.4, 0.5) is 0 Å². The zero-order valence-corrected chi connectivity index (χ0v) is 27.6. The van der Waals surface area contributed by atoms with Gasteiger partial charge in [-0.2, -0.15) is 0 Å². The lowest BCUT2D eigenvalue weighted by Crippen LogP contribution is -2.34. The van der Waals surface area contributed by atoms with Gasteiger partial charge in [0.15, 0.2) is 0 Å². The Morgan fingerprint density at radius 3 is 1.59 bits per heavy atom. The Balaban J connectivity index is 1.90. The zero-order chi connectivity index (χ0) is 30.6. The first-order valence-corrected chi connectivity index (χ1v) is 15.4. The van der Waals surface area contributed by atoms with E-state index in [1.165, 1.54) is 58.3 Å². The summed E-state index contributed by atoms with van der Waals surface area (Å²) in [4.78, 5) is 0. The van der Waals surface area contributed by atoms with Crippen molar-refractivity contribution < 1.29 is 5.11 Å². The summed E-state index contributed by atoms with van der Waals surface area (Å²) in [7, 11) is 0. The van der Waals surface area contributed by atoms with Gasteiger partial charge in [-0.1, -0.05) is 146 Å². The van der Waals surface area contributed by atoms with Crippen molar-refractivity contribution in [3.63, 3.8) is 0 Å². The van der Waals surface area contributed by atoms with E-state index in [2.05, 4.69) is 154 Å². The third-order valence-electron chi connectivity index (χ3n) is 8.61. The molecule has 2 aliphatic rings. The highest BCUT2D eigenvalue weighted by Crippen LogP contribution is 2.42. The summed E-state index contributed by atoms with van der Waals surface area (Å²) in [6.45, 7) is 22.0. The molecule has 1 nitrogen and oxygen atoms in total. The molecule has 0 saturated heterocycles. The fraction of sp³-hybridized carbons (Fsp3) is 0.450. The second-order valence-electron chi connectivity index (χ2n) is 13.3. The summed E-state index contributed by atoms with van der Waals surface area (Å²) in [5.74, 6) is 0. The number of rotatable bonds is 10. The highest BCUT2D eigenvalue weighted by Gasteiger charge is 2.34. The number of aliphatic hydroxyl groups is 1. The van der Waals surface area contributed by atoms with Crippen LogP contribution in [0.5, 0.6) is 0 Å². The SMILES string of the molecule is CC1=C(/C=C/C(C)=C/C=C/C(C)=C/C=C/C=C(C)/C=C/C=C(C)/C=C/C2=C(C)CC[C@@H](O)C2(C)C)C(C)(C)CCC1. The van der Waals surface area contributed by atoms with E-state index in [-0.39, 0.29) is 16.9 Å². The van der Waals surface area contributed by atoms with E-state index in [4.69, 9.17) is 0 Å². The Morgan fingerprint density at radius 1 is 0.634 bits per heavy atom. The molecule has 41 heavy (non-hydrogen) atoms. The van der Waals surface area contributed by atoms with Gasteiger partial charge < -0.3 is 5.11 Å². The number of allylic oxidation sites excluding steroid dienone is 21. The third kappa shape index (κ3) is 11.1. The zero-order valence-electron chi connectivity index (χ0n) is 27.6. The molecular weight excluding hydrogens is 496 g/mol. The van der Waals surface area contributed by atoms with Crippen LogP contribution in [-0.4, -0.2) is 11.2 Å². The maximum atomic E-state index is 10.4. The minimum atomic E-state index is -0.277. The van der Waals surface area contributed by atoms with E-state index in [0.29, 0.717) is 0 Å². The molecule has 222 valence electrons. The van der Waals surface area contributed by atoms with Crippen LogP contribution >= 0.6 is 0 Å². The maximum Gasteiger partial charge on any atom is 0.0634 e. The van der Waals surface area contributed by atoms with Crippen molar-refractivity contribution in [1.82, 2.24) is 0 Å². The second kappa shape index (κ2) is 15.9. The van der Waals surface area contributed by atoms with Crippen molar-refractivity contribution in [2.45, 2.75) is 107 Å². The molecule has 2 rings (SSSR count). The Morgan fingerprint density at radius 2 is 1.07 bits per heavy atom. The maximum absolute atomic E-state index is 10.4. The van der Waals surface area contributed by atoms with E-state index in [1.54, 1.807) is 5.57 Å². The molecule has 0 aliphatic heterocycles. The Bertz CT molecular complexity index is 1250. The van der Waals surface area contributed by atoms with Crippen LogP contribution in [-0.2, 0) is 0 Å². The summed E-state index contributed by atoms with van der Waals surface area (Å²) in [6.07, 6.45) is 35.6. The first-order chi connectivity index (χ1) is 19.2. The molecule has 0 aromatic rings. The summed E-state index contributed by atoms with van der Waals surface area (Å²) in [5.41, 5.74) is 10.7. The normalized spacial score (nSPS) is 23.5. The Hall–Kier alpha value is -2.90. The molecule has 1 atom stereocenters. The standard InChI is InChI=1S/C40H56O/c1-30(18-13-20-32(3)23-26-36-34(5)22-15-29-39(36,7)8)16-11-12-17-31(2)19-14-21-33(4)24-27-37-35(6)25-28-38(41)40(37,9)10/h11-14,16-21,23-24,26-27,38,41H,15,22,25,28-29H2,1-10H3/b12-11+,18-13+,19-14+,26-23+,27-24+,30-16+,31-17+,32-20+,33-21+/t38-/m1/s1. The molecule has 0 saturated carbocycles. The van der Waals surface area contributed by atoms with Gasteiger partial charge in [0.05, 0.1) is 6.10 Å². The Labute approximate surface area is 252 Å². The molecule has 0 aromatic carbocycles. The fourth-order valence-corrected chi connectivity index (χ4v) is 5.72. The highest BCUT2D eigenvalue weighted by atomic mass is 16.3. The lowest BCUT2D eigenvalue weighted by molar-refractivity contribution is 0.0607. The smallest absolute Gasteiger partial charge is 0.0634 e. The van der Waals surface area contributed by atoms with Crippen LogP contribution in [0, 0.1) is 10.8 Å². The average Bonchev–Trinajstić information content (AvgIpc) is 2.88. The van der Waals surface area contributed by atoms with Crippen LogP contribution in [0.25, 0.3) is 0 Å². The summed E-state index contributed by atoms with van der Waals surface area (Å²) < 4.78 is 0. The van der Waals surface area contributed by atoms with E-state index in [9.17, 15) is 5.11 Å². The van der Waals surface area contributed by atoms with E-state index < -0.39 is 0 Å². The fourth-order valence-electron chi connectivity index (χ4n) is 5.72. The van der Waals surface area contributed by atoms with Crippen LogP contribution in [0.15, 0.2) is 130 Å². The molecule has 0 bridgehead atoms. The molecule has 1 N–H and O–H groups in total. The molecule has 0 aromatic heterocycles. The topological polar surface area (TPSA) is 20.2 Å². The number of hydrogen-bond acceptors (Lipinski definition) is 1. The number of aliphatic hydroxyl groups excluding tert-OH is 1. The second-order valence-corrected chi connectivity index (χ2v) is 13.3. The molecule has 0 spiro atoms.